The van der Waals surface area contributed by atoms with Gasteiger partial charge in [0.2, 0.25) is 5.82 Å². The summed E-state index contributed by atoms with van der Waals surface area (Å²) in [6, 6.07) is 3.46. The zero-order valence-corrected chi connectivity index (χ0v) is 18.2. The van der Waals surface area contributed by atoms with Crippen molar-refractivity contribution in [1.82, 2.24) is 14.9 Å². The minimum absolute atomic E-state index is 0.0331. The van der Waals surface area contributed by atoms with Crippen molar-refractivity contribution in [3.8, 4) is 0 Å². The van der Waals surface area contributed by atoms with Crippen LogP contribution in [-0.2, 0) is 4.74 Å². The molecule has 0 aliphatic carbocycles. The van der Waals surface area contributed by atoms with Gasteiger partial charge in [0.05, 0.1) is 4.92 Å². The van der Waals surface area contributed by atoms with Crippen LogP contribution in [0.2, 0.25) is 0 Å². The minimum Gasteiger partial charge on any atom is -0.444 e. The Balaban J connectivity index is 1.88. The van der Waals surface area contributed by atoms with Crippen molar-refractivity contribution in [2.24, 2.45) is 0 Å². The van der Waals surface area contributed by atoms with Crippen LogP contribution in [0.4, 0.5) is 41.0 Å². The monoisotopic (exact) mass is 468 g/mol. The van der Waals surface area contributed by atoms with Crippen molar-refractivity contribution in [2.75, 3.05) is 29.9 Å². The minimum atomic E-state index is -4.71. The molecule has 1 aliphatic rings. The maximum absolute atomic E-state index is 13.8. The Morgan fingerprint density at radius 1 is 1.18 bits per heavy atom. The van der Waals surface area contributed by atoms with Crippen molar-refractivity contribution in [3.63, 3.8) is 0 Å². The number of carbonyl (C=O) groups is 1. The molecule has 1 amide bonds. The topological polar surface area (TPSA) is 114 Å². The first kappa shape index (κ1) is 24.0. The van der Waals surface area contributed by atoms with E-state index in [0.717, 1.165) is 0 Å². The zero-order valence-electron chi connectivity index (χ0n) is 18.2. The second kappa shape index (κ2) is 9.08. The molecule has 178 valence electrons. The smallest absolute Gasteiger partial charge is 0.410 e. The van der Waals surface area contributed by atoms with Crippen LogP contribution in [0.3, 0.4) is 0 Å². The number of aromatic nitrogens is 2. The summed E-state index contributed by atoms with van der Waals surface area (Å²) < 4.78 is 46.6. The predicted octanol–water partition coefficient (Wildman–Crippen LogP) is 4.12. The fourth-order valence-electron chi connectivity index (χ4n) is 3.24. The lowest BCUT2D eigenvalue weighted by molar-refractivity contribution is -0.384. The molecule has 3 heterocycles. The Bertz CT molecular complexity index is 1010. The highest BCUT2D eigenvalue weighted by Crippen LogP contribution is 2.33. The average Bonchev–Trinajstić information content (AvgIpc) is 2.72. The number of amides is 1. The lowest BCUT2D eigenvalue weighted by Crippen LogP contribution is -2.61. The Labute approximate surface area is 187 Å². The van der Waals surface area contributed by atoms with Gasteiger partial charge in [-0.3, -0.25) is 20.0 Å². The molecule has 2 aromatic rings. The van der Waals surface area contributed by atoms with E-state index < -0.39 is 35.4 Å². The summed E-state index contributed by atoms with van der Waals surface area (Å²) in [5.41, 5.74) is -0.811. The van der Waals surface area contributed by atoms with Crippen LogP contribution in [0.1, 0.15) is 20.8 Å². The van der Waals surface area contributed by atoms with Crippen molar-refractivity contribution in [2.45, 2.75) is 38.6 Å². The predicted molar refractivity (Wildman–Crippen MR) is 113 cm³/mol. The maximum Gasteiger partial charge on any atom is 0.410 e. The first-order valence-electron chi connectivity index (χ1n) is 9.99. The van der Waals surface area contributed by atoms with Gasteiger partial charge < -0.3 is 15.0 Å². The number of nitrogens with one attached hydrogen (secondary N) is 1. The van der Waals surface area contributed by atoms with Crippen molar-refractivity contribution in [3.05, 3.63) is 46.8 Å². The molecule has 1 saturated heterocycles. The molecular weight excluding hydrogens is 445 g/mol. The fourth-order valence-corrected chi connectivity index (χ4v) is 3.24. The van der Waals surface area contributed by atoms with E-state index >= 15 is 0 Å². The van der Waals surface area contributed by atoms with Gasteiger partial charge in [-0.05, 0) is 39.0 Å². The zero-order chi connectivity index (χ0) is 24.4. The molecule has 1 aliphatic heterocycles. The third kappa shape index (κ3) is 5.99. The summed E-state index contributed by atoms with van der Waals surface area (Å²) in [6.07, 6.45) is -2.82. The number of nitro groups is 1. The number of hydrogen-bond acceptors (Lipinski definition) is 8. The van der Waals surface area contributed by atoms with Gasteiger partial charge in [-0.1, -0.05) is 0 Å². The Kier molecular flexibility index (Phi) is 6.60. The number of rotatable bonds is 4. The number of carbonyl (C=O) groups excluding carboxylic acids is 1. The van der Waals surface area contributed by atoms with Gasteiger partial charge in [-0.2, -0.15) is 13.2 Å². The van der Waals surface area contributed by atoms with E-state index in [9.17, 15) is 28.1 Å². The van der Waals surface area contributed by atoms with Crippen LogP contribution >= 0.6 is 0 Å². The van der Waals surface area contributed by atoms with Crippen LogP contribution in [0, 0.1) is 10.1 Å². The third-order valence-electron chi connectivity index (χ3n) is 4.71. The second-order valence-electron chi connectivity index (χ2n) is 8.33. The summed E-state index contributed by atoms with van der Waals surface area (Å²) >= 11 is 0. The number of halogens is 3. The lowest BCUT2D eigenvalue weighted by Gasteiger charge is -2.42. The first-order chi connectivity index (χ1) is 15.3. The van der Waals surface area contributed by atoms with Crippen molar-refractivity contribution in [1.29, 1.82) is 0 Å². The Morgan fingerprint density at radius 2 is 1.85 bits per heavy atom. The van der Waals surface area contributed by atoms with Crippen LogP contribution in [-0.4, -0.2) is 63.3 Å². The number of nitrogens with zero attached hydrogens (tertiary/aromatic N) is 5. The highest BCUT2D eigenvalue weighted by Gasteiger charge is 2.49. The first-order valence-corrected chi connectivity index (χ1v) is 9.99. The molecule has 33 heavy (non-hydrogen) atoms. The van der Waals surface area contributed by atoms with Gasteiger partial charge in [0.15, 0.2) is 0 Å². The van der Waals surface area contributed by atoms with Gasteiger partial charge in [0.1, 0.15) is 17.5 Å². The normalized spacial score (nSPS) is 17.0. The Hall–Kier alpha value is -3.64. The quantitative estimate of drug-likeness (QED) is 0.527. The van der Waals surface area contributed by atoms with Gasteiger partial charge >= 0.3 is 18.0 Å². The highest BCUT2D eigenvalue weighted by molar-refractivity contribution is 5.70. The van der Waals surface area contributed by atoms with E-state index in [2.05, 4.69) is 15.3 Å². The van der Waals surface area contributed by atoms with Crippen LogP contribution in [0.15, 0.2) is 36.7 Å². The third-order valence-corrected chi connectivity index (χ3v) is 4.71. The largest absolute Gasteiger partial charge is 0.444 e. The Morgan fingerprint density at radius 3 is 2.42 bits per heavy atom. The number of piperazine rings is 1. The van der Waals surface area contributed by atoms with Gasteiger partial charge in [0, 0.05) is 43.8 Å². The summed E-state index contributed by atoms with van der Waals surface area (Å²) in [7, 11) is 0. The molecule has 1 fully saturated rings. The summed E-state index contributed by atoms with van der Waals surface area (Å²) in [6.45, 7) is 3.89. The molecule has 2 aromatic heterocycles. The molecule has 0 radical (unpaired) electrons. The second-order valence-corrected chi connectivity index (χ2v) is 8.33. The molecule has 0 saturated carbocycles. The lowest BCUT2D eigenvalue weighted by atomic mass is 10.1. The van der Waals surface area contributed by atoms with Crippen molar-refractivity contribution < 1.29 is 27.6 Å². The highest BCUT2D eigenvalue weighted by atomic mass is 19.4. The van der Waals surface area contributed by atoms with Gasteiger partial charge in [-0.25, -0.2) is 9.78 Å². The van der Waals surface area contributed by atoms with E-state index in [-0.39, 0.29) is 30.4 Å². The molecule has 1 atom stereocenters. The molecule has 0 bridgehead atoms. The molecule has 0 spiro atoms. The van der Waals surface area contributed by atoms with Gasteiger partial charge in [-0.15, -0.1) is 0 Å². The number of ether oxygens (including phenoxy) is 1. The van der Waals surface area contributed by atoms with Crippen LogP contribution in [0.25, 0.3) is 0 Å². The van der Waals surface area contributed by atoms with E-state index in [1.54, 1.807) is 32.9 Å². The maximum atomic E-state index is 13.8. The van der Waals surface area contributed by atoms with E-state index in [0.29, 0.717) is 10.6 Å². The van der Waals surface area contributed by atoms with E-state index in [4.69, 9.17) is 4.74 Å². The molecule has 0 aromatic carbocycles. The van der Waals surface area contributed by atoms with E-state index in [1.807, 2.05) is 0 Å². The van der Waals surface area contributed by atoms with Crippen LogP contribution < -0.4 is 10.2 Å². The fraction of sp³-hybridized carbons (Fsp3) is 0.450. The molecule has 1 unspecified atom stereocenters. The molecule has 3 rings (SSSR count). The SMILES string of the molecule is CC(C)(C)OC(=O)N1CCN(c2ccc([N+](=O)[O-])c(Nc3ccncc3)n2)CC1C(F)(F)F. The van der Waals surface area contributed by atoms with Crippen LogP contribution in [0.5, 0.6) is 0 Å². The van der Waals surface area contributed by atoms with Gasteiger partial charge in [0.25, 0.3) is 0 Å². The summed E-state index contributed by atoms with van der Waals surface area (Å²) in [5, 5.41) is 14.2. The summed E-state index contributed by atoms with van der Waals surface area (Å²) in [4.78, 5) is 33.2. The number of anilines is 3. The molecule has 1 N–H and O–H groups in total. The number of alkyl halides is 3. The molecule has 10 nitrogen and oxygen atoms in total. The average molecular weight is 468 g/mol. The summed E-state index contributed by atoms with van der Waals surface area (Å²) in [5.74, 6) is -0.0166. The van der Waals surface area contributed by atoms with Crippen molar-refractivity contribution >= 4 is 29.1 Å². The number of hydrogen-bond donors (Lipinski definition) is 1. The molecule has 13 heteroatoms. The van der Waals surface area contributed by atoms with E-state index in [1.165, 1.54) is 29.4 Å². The number of pyridine rings is 2. The standard InChI is InChI=1S/C20H23F3N6O4/c1-19(2,3)33-18(30)28-11-10-27(12-15(28)20(21,22)23)16-5-4-14(29(31)32)17(26-16)25-13-6-8-24-9-7-13/h4-9,15H,10-12H2,1-3H3,(H,24,25,26). The molecular formula is C20H23F3N6O4.